The van der Waals surface area contributed by atoms with E-state index in [1.54, 1.807) is 0 Å². The van der Waals surface area contributed by atoms with Gasteiger partial charge in [0.2, 0.25) is 0 Å². The molecule has 0 aromatic heterocycles. The second-order valence-electron chi connectivity index (χ2n) is 4.87. The zero-order chi connectivity index (χ0) is 12.6. The average Bonchev–Trinajstić information content (AvgIpc) is 2.57. The Hall–Kier alpha value is -0.560. The summed E-state index contributed by atoms with van der Waals surface area (Å²) in [4.78, 5) is 0. The van der Waals surface area contributed by atoms with Crippen molar-refractivity contribution in [3.63, 3.8) is 0 Å². The molecule has 0 radical (unpaired) electrons. The Kier molecular flexibility index (Phi) is 6.57. The summed E-state index contributed by atoms with van der Waals surface area (Å²) in [6, 6.07) is 0.177. The standard InChI is InChI=1S/C14H26N2O/c1-3-5-10-13(16-15)14(17-4-2)11-8-6-7-9-12-14/h1,13,16H,4-12,15H2,2H3. The molecular weight excluding hydrogens is 212 g/mol. The summed E-state index contributed by atoms with van der Waals surface area (Å²) in [7, 11) is 0. The Morgan fingerprint density at radius 3 is 2.47 bits per heavy atom. The molecular formula is C14H26N2O. The van der Waals surface area contributed by atoms with Gasteiger partial charge in [-0.2, -0.15) is 0 Å². The van der Waals surface area contributed by atoms with Crippen LogP contribution < -0.4 is 11.3 Å². The van der Waals surface area contributed by atoms with Gasteiger partial charge in [-0.05, 0) is 26.2 Å². The highest BCUT2D eigenvalue weighted by Gasteiger charge is 2.38. The van der Waals surface area contributed by atoms with Crippen LogP contribution in [0.2, 0.25) is 0 Å². The van der Waals surface area contributed by atoms with Gasteiger partial charge in [-0.1, -0.05) is 25.7 Å². The van der Waals surface area contributed by atoms with Crippen molar-refractivity contribution in [1.82, 2.24) is 5.43 Å². The van der Waals surface area contributed by atoms with Gasteiger partial charge in [0.05, 0.1) is 11.6 Å². The van der Waals surface area contributed by atoms with Gasteiger partial charge in [0, 0.05) is 13.0 Å². The summed E-state index contributed by atoms with van der Waals surface area (Å²) in [6.45, 7) is 2.80. The van der Waals surface area contributed by atoms with Gasteiger partial charge in [0.15, 0.2) is 0 Å². The molecule has 17 heavy (non-hydrogen) atoms. The summed E-state index contributed by atoms with van der Waals surface area (Å²) in [5.41, 5.74) is 2.84. The molecule has 0 bridgehead atoms. The van der Waals surface area contributed by atoms with E-state index in [0.717, 1.165) is 32.3 Å². The Morgan fingerprint density at radius 2 is 2.00 bits per heavy atom. The minimum absolute atomic E-state index is 0.100. The van der Waals surface area contributed by atoms with E-state index in [2.05, 4.69) is 18.3 Å². The first kappa shape index (κ1) is 14.5. The van der Waals surface area contributed by atoms with Gasteiger partial charge in [-0.3, -0.25) is 11.3 Å². The van der Waals surface area contributed by atoms with Crippen molar-refractivity contribution in [2.45, 2.75) is 69.9 Å². The van der Waals surface area contributed by atoms with E-state index in [9.17, 15) is 0 Å². The lowest BCUT2D eigenvalue weighted by Crippen LogP contribution is -2.54. The molecule has 3 nitrogen and oxygen atoms in total. The summed E-state index contributed by atoms with van der Waals surface area (Å²) in [5, 5.41) is 0. The van der Waals surface area contributed by atoms with Crippen molar-refractivity contribution >= 4 is 0 Å². The number of rotatable bonds is 6. The minimum Gasteiger partial charge on any atom is -0.374 e. The zero-order valence-corrected chi connectivity index (χ0v) is 11.0. The molecule has 0 aromatic carbocycles. The molecule has 0 aromatic rings. The van der Waals surface area contributed by atoms with E-state index < -0.39 is 0 Å². The molecule has 1 aliphatic rings. The van der Waals surface area contributed by atoms with Gasteiger partial charge in [0.25, 0.3) is 0 Å². The molecule has 0 amide bonds. The highest BCUT2D eigenvalue weighted by Crippen LogP contribution is 2.34. The highest BCUT2D eigenvalue weighted by atomic mass is 16.5. The zero-order valence-electron chi connectivity index (χ0n) is 11.0. The molecule has 1 aliphatic carbocycles. The fourth-order valence-electron chi connectivity index (χ4n) is 2.93. The maximum Gasteiger partial charge on any atom is 0.0848 e. The van der Waals surface area contributed by atoms with Crippen LogP contribution in [0.5, 0.6) is 0 Å². The smallest absolute Gasteiger partial charge is 0.0848 e. The largest absolute Gasteiger partial charge is 0.374 e. The third-order valence-corrected chi connectivity index (χ3v) is 3.80. The molecule has 1 unspecified atom stereocenters. The van der Waals surface area contributed by atoms with Gasteiger partial charge in [-0.15, -0.1) is 12.3 Å². The summed E-state index contributed by atoms with van der Waals surface area (Å²) in [6.07, 6.45) is 14.3. The van der Waals surface area contributed by atoms with Crippen molar-refractivity contribution < 1.29 is 4.74 Å². The Bertz CT molecular complexity index is 239. The Morgan fingerprint density at radius 1 is 1.35 bits per heavy atom. The molecule has 0 spiro atoms. The third-order valence-electron chi connectivity index (χ3n) is 3.80. The lowest BCUT2D eigenvalue weighted by molar-refractivity contribution is -0.0783. The van der Waals surface area contributed by atoms with E-state index in [0.29, 0.717) is 0 Å². The van der Waals surface area contributed by atoms with E-state index >= 15 is 0 Å². The fourth-order valence-corrected chi connectivity index (χ4v) is 2.93. The molecule has 0 heterocycles. The first-order valence-electron chi connectivity index (χ1n) is 6.82. The third kappa shape index (κ3) is 3.99. The lowest BCUT2D eigenvalue weighted by Gasteiger charge is -2.39. The highest BCUT2D eigenvalue weighted by molar-refractivity contribution is 4.96. The summed E-state index contributed by atoms with van der Waals surface area (Å²) in [5.74, 6) is 8.41. The van der Waals surface area contributed by atoms with E-state index in [4.69, 9.17) is 17.0 Å². The molecule has 3 heteroatoms. The normalized spacial score (nSPS) is 21.5. The molecule has 1 saturated carbocycles. The van der Waals surface area contributed by atoms with Crippen LogP contribution in [0, 0.1) is 12.3 Å². The van der Waals surface area contributed by atoms with Crippen molar-refractivity contribution in [1.29, 1.82) is 0 Å². The number of hydrogen-bond acceptors (Lipinski definition) is 3. The second-order valence-corrected chi connectivity index (χ2v) is 4.87. The number of hydrazine groups is 1. The maximum absolute atomic E-state index is 6.09. The van der Waals surface area contributed by atoms with Crippen LogP contribution in [0.1, 0.15) is 58.3 Å². The Labute approximate surface area is 105 Å². The number of nitrogens with two attached hydrogens (primary N) is 1. The van der Waals surface area contributed by atoms with E-state index in [1.165, 1.54) is 25.7 Å². The molecule has 1 rings (SSSR count). The predicted octanol–water partition coefficient (Wildman–Crippen LogP) is 2.36. The lowest BCUT2D eigenvalue weighted by atomic mass is 9.84. The van der Waals surface area contributed by atoms with Gasteiger partial charge in [-0.25, -0.2) is 0 Å². The van der Waals surface area contributed by atoms with Crippen LogP contribution in [0.4, 0.5) is 0 Å². The molecule has 98 valence electrons. The van der Waals surface area contributed by atoms with Gasteiger partial charge in [0.1, 0.15) is 0 Å². The van der Waals surface area contributed by atoms with Crippen molar-refractivity contribution in [2.75, 3.05) is 6.61 Å². The quantitative estimate of drug-likeness (QED) is 0.323. The number of nitrogens with one attached hydrogen (secondary N) is 1. The van der Waals surface area contributed by atoms with Gasteiger partial charge >= 0.3 is 0 Å². The molecule has 1 atom stereocenters. The van der Waals surface area contributed by atoms with Crippen molar-refractivity contribution in [3.05, 3.63) is 0 Å². The van der Waals surface area contributed by atoms with Gasteiger partial charge < -0.3 is 4.74 Å². The predicted molar refractivity (Wildman–Crippen MR) is 71.2 cm³/mol. The fraction of sp³-hybridized carbons (Fsp3) is 0.857. The van der Waals surface area contributed by atoms with Crippen LogP contribution in [-0.2, 0) is 4.74 Å². The average molecular weight is 238 g/mol. The topological polar surface area (TPSA) is 47.3 Å². The van der Waals surface area contributed by atoms with Crippen LogP contribution in [0.15, 0.2) is 0 Å². The number of hydrogen-bond donors (Lipinski definition) is 2. The molecule has 0 aliphatic heterocycles. The molecule has 0 saturated heterocycles. The molecule has 1 fully saturated rings. The minimum atomic E-state index is -0.100. The van der Waals surface area contributed by atoms with Crippen LogP contribution in [-0.4, -0.2) is 18.2 Å². The van der Waals surface area contributed by atoms with E-state index in [-0.39, 0.29) is 11.6 Å². The SMILES string of the molecule is C#CCCC(NN)C1(OCC)CCCCCC1. The Balaban J connectivity index is 2.74. The monoisotopic (exact) mass is 238 g/mol. The van der Waals surface area contributed by atoms with Crippen LogP contribution in [0.3, 0.4) is 0 Å². The number of terminal acetylenes is 1. The van der Waals surface area contributed by atoms with Crippen molar-refractivity contribution in [2.24, 2.45) is 5.84 Å². The second kappa shape index (κ2) is 7.71. The summed E-state index contributed by atoms with van der Waals surface area (Å²) >= 11 is 0. The number of ether oxygens (including phenoxy) is 1. The van der Waals surface area contributed by atoms with Crippen molar-refractivity contribution in [3.8, 4) is 12.3 Å². The first-order chi connectivity index (χ1) is 8.29. The summed E-state index contributed by atoms with van der Waals surface area (Å²) < 4.78 is 6.09. The molecule has 3 N–H and O–H groups in total. The van der Waals surface area contributed by atoms with Crippen LogP contribution in [0.25, 0.3) is 0 Å². The van der Waals surface area contributed by atoms with E-state index in [1.807, 2.05) is 0 Å². The first-order valence-corrected chi connectivity index (χ1v) is 6.82. The van der Waals surface area contributed by atoms with Crippen LogP contribution >= 0.6 is 0 Å². The maximum atomic E-state index is 6.09.